The molecule has 0 aromatic carbocycles. The predicted octanol–water partition coefficient (Wildman–Crippen LogP) is 3.33. The number of ketones is 1. The molecule has 0 unspecified atom stereocenters. The summed E-state index contributed by atoms with van der Waals surface area (Å²) in [5, 5.41) is 0. The van der Waals surface area contributed by atoms with Crippen LogP contribution in [0.3, 0.4) is 0 Å². The number of hydrogen-bond donors (Lipinski definition) is 0. The Morgan fingerprint density at radius 1 is 1.33 bits per heavy atom. The average molecular weight is 168 g/mol. The quantitative estimate of drug-likeness (QED) is 0.556. The third-order valence-corrected chi connectivity index (χ3v) is 2.80. The molecule has 0 saturated heterocycles. The number of Topliss-reactive ketones (excluding diaryl/α,β-unsaturated/α-hetero) is 1. The Labute approximate surface area is 75.5 Å². The van der Waals surface area contributed by atoms with Crippen LogP contribution in [0.4, 0.5) is 0 Å². The molecule has 0 aliphatic heterocycles. The normalized spacial score (nSPS) is 17.4. The van der Waals surface area contributed by atoms with Gasteiger partial charge in [-0.05, 0) is 12.3 Å². The molecule has 0 N–H and O–H groups in total. The first-order valence-electron chi connectivity index (χ1n) is 5.34. The van der Waals surface area contributed by atoms with Gasteiger partial charge in [-0.2, -0.15) is 0 Å². The molecule has 0 heterocycles. The van der Waals surface area contributed by atoms with Crippen LogP contribution in [0.2, 0.25) is 0 Å². The summed E-state index contributed by atoms with van der Waals surface area (Å²) in [4.78, 5) is 11.3. The maximum absolute atomic E-state index is 11.3. The monoisotopic (exact) mass is 168 g/mol. The van der Waals surface area contributed by atoms with E-state index in [1.165, 1.54) is 32.1 Å². The van der Waals surface area contributed by atoms with E-state index >= 15 is 0 Å². The van der Waals surface area contributed by atoms with Gasteiger partial charge in [-0.1, -0.05) is 39.0 Å². The first-order chi connectivity index (χ1) is 5.83. The molecule has 70 valence electrons. The topological polar surface area (TPSA) is 17.1 Å². The van der Waals surface area contributed by atoms with Gasteiger partial charge in [-0.25, -0.2) is 0 Å². The molecule has 0 bridgehead atoms. The number of rotatable bonds is 6. The van der Waals surface area contributed by atoms with Crippen molar-refractivity contribution in [3.8, 4) is 0 Å². The molecule has 0 radical (unpaired) electrons. The lowest BCUT2D eigenvalue weighted by Gasteiger charge is -2.24. The zero-order valence-electron chi connectivity index (χ0n) is 8.14. The minimum absolute atomic E-state index is 0.508. The Kier molecular flexibility index (Phi) is 4.34. The molecule has 1 fully saturated rings. The zero-order valence-corrected chi connectivity index (χ0v) is 8.14. The Balaban J connectivity index is 1.95. The van der Waals surface area contributed by atoms with Crippen LogP contribution < -0.4 is 0 Å². The van der Waals surface area contributed by atoms with Crippen LogP contribution in [-0.4, -0.2) is 5.78 Å². The average Bonchev–Trinajstić information content (AvgIpc) is 1.98. The van der Waals surface area contributed by atoms with Gasteiger partial charge < -0.3 is 0 Å². The number of carbonyl (C=O) groups excluding carboxylic acids is 1. The second kappa shape index (κ2) is 5.34. The van der Waals surface area contributed by atoms with E-state index in [-0.39, 0.29) is 0 Å². The standard InChI is InChI=1S/C11H20O/c1-2-3-4-8-11(12)9-10-6-5-7-10/h10H,2-9H2,1H3. The molecule has 1 heteroatoms. The molecule has 1 aliphatic carbocycles. The van der Waals surface area contributed by atoms with E-state index in [1.54, 1.807) is 0 Å². The van der Waals surface area contributed by atoms with E-state index in [9.17, 15) is 4.79 Å². The summed E-state index contributed by atoms with van der Waals surface area (Å²) in [5.74, 6) is 1.27. The van der Waals surface area contributed by atoms with Crippen LogP contribution in [0.5, 0.6) is 0 Å². The summed E-state index contributed by atoms with van der Waals surface area (Å²) in [6.45, 7) is 2.18. The number of unbranched alkanes of at least 4 members (excludes halogenated alkanes) is 2. The van der Waals surface area contributed by atoms with E-state index in [0.29, 0.717) is 5.78 Å². The molecule has 0 atom stereocenters. The SMILES string of the molecule is CCCCCC(=O)CC1CCC1. The fourth-order valence-corrected chi connectivity index (χ4v) is 1.69. The maximum atomic E-state index is 11.3. The van der Waals surface area contributed by atoms with E-state index < -0.39 is 0 Å². The fraction of sp³-hybridized carbons (Fsp3) is 0.909. The van der Waals surface area contributed by atoms with Gasteiger partial charge in [0.15, 0.2) is 0 Å². The first-order valence-corrected chi connectivity index (χ1v) is 5.34. The summed E-state index contributed by atoms with van der Waals surface area (Å²) in [6, 6.07) is 0. The van der Waals surface area contributed by atoms with E-state index in [0.717, 1.165) is 25.2 Å². The van der Waals surface area contributed by atoms with Crippen molar-refractivity contribution < 1.29 is 4.79 Å². The minimum atomic E-state index is 0.508. The molecule has 1 saturated carbocycles. The summed E-state index contributed by atoms with van der Waals surface area (Å²) in [5.41, 5.74) is 0. The van der Waals surface area contributed by atoms with Crippen LogP contribution in [0.1, 0.15) is 58.3 Å². The minimum Gasteiger partial charge on any atom is -0.300 e. The van der Waals surface area contributed by atoms with Crippen LogP contribution in [0.15, 0.2) is 0 Å². The Morgan fingerprint density at radius 2 is 2.08 bits per heavy atom. The van der Waals surface area contributed by atoms with Crippen molar-refractivity contribution in [1.29, 1.82) is 0 Å². The van der Waals surface area contributed by atoms with Gasteiger partial charge in [-0.3, -0.25) is 4.79 Å². The molecule has 12 heavy (non-hydrogen) atoms. The lowest BCUT2D eigenvalue weighted by Crippen LogP contribution is -2.15. The summed E-state index contributed by atoms with van der Waals surface area (Å²) in [7, 11) is 0. The lowest BCUT2D eigenvalue weighted by molar-refractivity contribution is -0.120. The van der Waals surface area contributed by atoms with Crippen molar-refractivity contribution >= 4 is 5.78 Å². The van der Waals surface area contributed by atoms with Crippen molar-refractivity contribution in [2.45, 2.75) is 58.3 Å². The summed E-state index contributed by atoms with van der Waals surface area (Å²) in [6.07, 6.45) is 9.23. The third kappa shape index (κ3) is 3.38. The van der Waals surface area contributed by atoms with Gasteiger partial charge in [0, 0.05) is 12.8 Å². The second-order valence-electron chi connectivity index (χ2n) is 4.00. The van der Waals surface area contributed by atoms with Crippen LogP contribution in [0, 0.1) is 5.92 Å². The van der Waals surface area contributed by atoms with Gasteiger partial charge in [0.2, 0.25) is 0 Å². The molecule has 1 nitrogen and oxygen atoms in total. The summed E-state index contributed by atoms with van der Waals surface area (Å²) < 4.78 is 0. The first kappa shape index (κ1) is 9.76. The fourth-order valence-electron chi connectivity index (χ4n) is 1.69. The van der Waals surface area contributed by atoms with Crippen molar-refractivity contribution in [3.05, 3.63) is 0 Å². The molecule has 1 rings (SSSR count). The Morgan fingerprint density at radius 3 is 2.58 bits per heavy atom. The van der Waals surface area contributed by atoms with Gasteiger partial charge in [-0.15, -0.1) is 0 Å². The third-order valence-electron chi connectivity index (χ3n) is 2.80. The van der Waals surface area contributed by atoms with Crippen molar-refractivity contribution in [2.24, 2.45) is 5.92 Å². The zero-order chi connectivity index (χ0) is 8.81. The van der Waals surface area contributed by atoms with E-state index in [1.807, 2.05) is 0 Å². The molecule has 0 aromatic rings. The summed E-state index contributed by atoms with van der Waals surface area (Å²) >= 11 is 0. The van der Waals surface area contributed by atoms with E-state index in [2.05, 4.69) is 6.92 Å². The maximum Gasteiger partial charge on any atom is 0.133 e. The molecule has 0 spiro atoms. The molecule has 0 aromatic heterocycles. The molecular formula is C11H20O. The van der Waals surface area contributed by atoms with Gasteiger partial charge in [0.05, 0.1) is 0 Å². The lowest BCUT2D eigenvalue weighted by atomic mass is 9.81. The Bertz CT molecular complexity index is 136. The van der Waals surface area contributed by atoms with E-state index in [4.69, 9.17) is 0 Å². The second-order valence-corrected chi connectivity index (χ2v) is 4.00. The van der Waals surface area contributed by atoms with Crippen molar-refractivity contribution in [3.63, 3.8) is 0 Å². The molecule has 0 amide bonds. The van der Waals surface area contributed by atoms with Gasteiger partial charge in [0.25, 0.3) is 0 Å². The van der Waals surface area contributed by atoms with Gasteiger partial charge >= 0.3 is 0 Å². The molecular weight excluding hydrogens is 148 g/mol. The number of carbonyl (C=O) groups is 1. The highest BCUT2D eigenvalue weighted by molar-refractivity contribution is 5.78. The largest absolute Gasteiger partial charge is 0.300 e. The van der Waals surface area contributed by atoms with Crippen LogP contribution in [0.25, 0.3) is 0 Å². The Hall–Kier alpha value is -0.330. The highest BCUT2D eigenvalue weighted by Gasteiger charge is 2.19. The molecule has 1 aliphatic rings. The van der Waals surface area contributed by atoms with Crippen LogP contribution in [-0.2, 0) is 4.79 Å². The van der Waals surface area contributed by atoms with Crippen LogP contribution >= 0.6 is 0 Å². The van der Waals surface area contributed by atoms with Gasteiger partial charge in [0.1, 0.15) is 5.78 Å². The smallest absolute Gasteiger partial charge is 0.133 e. The van der Waals surface area contributed by atoms with Crippen molar-refractivity contribution in [2.75, 3.05) is 0 Å². The highest BCUT2D eigenvalue weighted by Crippen LogP contribution is 2.29. The van der Waals surface area contributed by atoms with Crippen molar-refractivity contribution in [1.82, 2.24) is 0 Å². The predicted molar refractivity (Wildman–Crippen MR) is 51.1 cm³/mol. The highest BCUT2D eigenvalue weighted by atomic mass is 16.1. The number of hydrogen-bond acceptors (Lipinski definition) is 1.